The second-order valence-electron chi connectivity index (χ2n) is 7.93. The first-order valence-electron chi connectivity index (χ1n) is 11.3. The first-order valence-corrected chi connectivity index (χ1v) is 11.3. The maximum absolute atomic E-state index is 2.45. The molecule has 0 aliphatic rings. The Kier molecular flexibility index (Phi) is 12.8. The van der Waals surface area contributed by atoms with Crippen molar-refractivity contribution in [1.29, 1.82) is 0 Å². The van der Waals surface area contributed by atoms with Crippen LogP contribution in [0.3, 0.4) is 0 Å². The van der Waals surface area contributed by atoms with Crippen LogP contribution in [0.1, 0.15) is 120 Å². The van der Waals surface area contributed by atoms with Gasteiger partial charge in [0.05, 0.1) is 0 Å². The van der Waals surface area contributed by atoms with E-state index in [1.54, 1.807) is 22.3 Å². The van der Waals surface area contributed by atoms with Crippen molar-refractivity contribution in [3.8, 4) is 0 Å². The molecular weight excluding hydrogens is 300 g/mol. The van der Waals surface area contributed by atoms with Gasteiger partial charge in [-0.1, -0.05) is 90.7 Å². The van der Waals surface area contributed by atoms with Crippen LogP contribution in [-0.4, -0.2) is 0 Å². The van der Waals surface area contributed by atoms with Gasteiger partial charge in [0.15, 0.2) is 0 Å². The molecule has 25 heavy (non-hydrogen) atoms. The Labute approximate surface area is 158 Å². The van der Waals surface area contributed by atoms with Gasteiger partial charge < -0.3 is 0 Å². The van der Waals surface area contributed by atoms with Gasteiger partial charge in [0.25, 0.3) is 0 Å². The standard InChI is InChI=1S/C25H44/c1-5-8-11-14-17-23-21-20-22(4)24(18-15-12-9-6-2)25(23)19-16-13-10-7-3/h20-21H,5-19H2,1-4H3. The topological polar surface area (TPSA) is 0 Å². The van der Waals surface area contributed by atoms with Crippen LogP contribution >= 0.6 is 0 Å². The van der Waals surface area contributed by atoms with Crippen LogP contribution in [0.5, 0.6) is 0 Å². The molecule has 1 rings (SSSR count). The minimum absolute atomic E-state index is 1.30. The largest absolute Gasteiger partial charge is 0.0654 e. The van der Waals surface area contributed by atoms with Crippen LogP contribution in [0.2, 0.25) is 0 Å². The van der Waals surface area contributed by atoms with Gasteiger partial charge in [-0.3, -0.25) is 0 Å². The smallest absolute Gasteiger partial charge is 0.0273 e. The number of rotatable bonds is 15. The molecule has 0 saturated carbocycles. The lowest BCUT2D eigenvalue weighted by Crippen LogP contribution is -2.04. The monoisotopic (exact) mass is 344 g/mol. The van der Waals surface area contributed by atoms with Crippen molar-refractivity contribution in [3.63, 3.8) is 0 Å². The van der Waals surface area contributed by atoms with Crippen molar-refractivity contribution >= 4 is 0 Å². The van der Waals surface area contributed by atoms with Crippen LogP contribution in [0.15, 0.2) is 12.1 Å². The summed E-state index contributed by atoms with van der Waals surface area (Å²) in [5.74, 6) is 0. The van der Waals surface area contributed by atoms with Gasteiger partial charge in [-0.2, -0.15) is 0 Å². The number of hydrogen-bond acceptors (Lipinski definition) is 0. The molecule has 1 aromatic carbocycles. The molecular formula is C25H44. The number of unbranched alkanes of at least 4 members (excludes halogenated alkanes) is 9. The van der Waals surface area contributed by atoms with E-state index in [0.29, 0.717) is 0 Å². The fourth-order valence-electron chi connectivity index (χ4n) is 3.95. The molecule has 144 valence electrons. The van der Waals surface area contributed by atoms with Crippen molar-refractivity contribution in [3.05, 3.63) is 34.4 Å². The van der Waals surface area contributed by atoms with Gasteiger partial charge in [-0.25, -0.2) is 0 Å². The van der Waals surface area contributed by atoms with E-state index in [4.69, 9.17) is 0 Å². The Morgan fingerprint density at radius 3 is 1.52 bits per heavy atom. The predicted octanol–water partition coefficient (Wildman–Crippen LogP) is 8.36. The third-order valence-electron chi connectivity index (χ3n) is 5.62. The first-order chi connectivity index (χ1) is 12.2. The van der Waals surface area contributed by atoms with Gasteiger partial charge in [-0.15, -0.1) is 0 Å². The molecule has 0 saturated heterocycles. The highest BCUT2D eigenvalue weighted by Crippen LogP contribution is 2.25. The third kappa shape index (κ3) is 8.93. The highest BCUT2D eigenvalue weighted by molar-refractivity contribution is 5.41. The highest BCUT2D eigenvalue weighted by atomic mass is 14.2. The van der Waals surface area contributed by atoms with Crippen LogP contribution in [0, 0.1) is 6.92 Å². The van der Waals surface area contributed by atoms with Crippen LogP contribution in [0.4, 0.5) is 0 Å². The lowest BCUT2D eigenvalue weighted by atomic mass is 9.87. The normalized spacial score (nSPS) is 11.2. The fraction of sp³-hybridized carbons (Fsp3) is 0.760. The molecule has 0 aliphatic carbocycles. The molecule has 0 nitrogen and oxygen atoms in total. The van der Waals surface area contributed by atoms with Gasteiger partial charge in [-0.05, 0) is 67.7 Å². The molecule has 0 heterocycles. The first kappa shape index (κ1) is 22.3. The average Bonchev–Trinajstić information content (AvgIpc) is 2.62. The van der Waals surface area contributed by atoms with E-state index in [-0.39, 0.29) is 0 Å². The molecule has 0 aromatic heterocycles. The summed E-state index contributed by atoms with van der Waals surface area (Å²) < 4.78 is 0. The van der Waals surface area contributed by atoms with E-state index in [2.05, 4.69) is 39.8 Å². The Balaban J connectivity index is 2.80. The molecule has 0 aliphatic heterocycles. The molecule has 0 amide bonds. The summed E-state index contributed by atoms with van der Waals surface area (Å²) >= 11 is 0. The Hall–Kier alpha value is -0.780. The van der Waals surface area contributed by atoms with Crippen LogP contribution in [0.25, 0.3) is 0 Å². The molecule has 0 N–H and O–H groups in total. The maximum atomic E-state index is 2.45. The Morgan fingerprint density at radius 2 is 1.00 bits per heavy atom. The molecule has 0 unspecified atom stereocenters. The van der Waals surface area contributed by atoms with Crippen molar-refractivity contribution in [2.75, 3.05) is 0 Å². The maximum Gasteiger partial charge on any atom is -0.0273 e. The van der Waals surface area contributed by atoms with E-state index in [0.717, 1.165) is 0 Å². The Morgan fingerprint density at radius 1 is 0.520 bits per heavy atom. The van der Waals surface area contributed by atoms with Crippen molar-refractivity contribution in [2.45, 2.75) is 124 Å². The quantitative estimate of drug-likeness (QED) is 0.280. The molecule has 0 spiro atoms. The lowest BCUT2D eigenvalue weighted by Gasteiger charge is -2.18. The minimum Gasteiger partial charge on any atom is -0.0654 e. The predicted molar refractivity (Wildman–Crippen MR) is 115 cm³/mol. The fourth-order valence-corrected chi connectivity index (χ4v) is 3.95. The highest BCUT2D eigenvalue weighted by Gasteiger charge is 2.11. The molecule has 0 atom stereocenters. The second-order valence-corrected chi connectivity index (χ2v) is 7.93. The molecule has 0 bridgehead atoms. The molecule has 0 heteroatoms. The molecule has 0 fully saturated rings. The van der Waals surface area contributed by atoms with Gasteiger partial charge in [0.2, 0.25) is 0 Å². The number of aryl methyl sites for hydroxylation is 2. The third-order valence-corrected chi connectivity index (χ3v) is 5.62. The summed E-state index contributed by atoms with van der Waals surface area (Å²) in [6.07, 6.45) is 20.4. The van der Waals surface area contributed by atoms with Crippen LogP contribution in [-0.2, 0) is 19.3 Å². The molecule has 1 aromatic rings. The summed E-state index contributed by atoms with van der Waals surface area (Å²) in [4.78, 5) is 0. The van der Waals surface area contributed by atoms with Crippen molar-refractivity contribution in [2.24, 2.45) is 0 Å². The van der Waals surface area contributed by atoms with Gasteiger partial charge >= 0.3 is 0 Å². The summed E-state index contributed by atoms with van der Waals surface area (Å²) in [7, 11) is 0. The second kappa shape index (κ2) is 14.4. The summed E-state index contributed by atoms with van der Waals surface area (Å²) in [5.41, 5.74) is 6.66. The van der Waals surface area contributed by atoms with E-state index < -0.39 is 0 Å². The number of hydrogen-bond donors (Lipinski definition) is 0. The van der Waals surface area contributed by atoms with E-state index in [1.165, 1.54) is 96.3 Å². The summed E-state index contributed by atoms with van der Waals surface area (Å²) in [6.45, 7) is 9.26. The van der Waals surface area contributed by atoms with Crippen molar-refractivity contribution in [1.82, 2.24) is 0 Å². The lowest BCUT2D eigenvalue weighted by molar-refractivity contribution is 0.638. The molecule has 0 radical (unpaired) electrons. The zero-order valence-corrected chi connectivity index (χ0v) is 17.8. The Bertz CT molecular complexity index is 444. The summed E-state index contributed by atoms with van der Waals surface area (Å²) in [6, 6.07) is 4.85. The van der Waals surface area contributed by atoms with Gasteiger partial charge in [0.1, 0.15) is 0 Å². The average molecular weight is 345 g/mol. The zero-order chi connectivity index (χ0) is 18.3. The van der Waals surface area contributed by atoms with E-state index in [9.17, 15) is 0 Å². The van der Waals surface area contributed by atoms with Crippen LogP contribution < -0.4 is 0 Å². The van der Waals surface area contributed by atoms with E-state index in [1.807, 2.05) is 0 Å². The number of benzene rings is 1. The SMILES string of the molecule is CCCCCCc1ccc(C)c(CCCCCC)c1CCCCCC. The van der Waals surface area contributed by atoms with Crippen molar-refractivity contribution < 1.29 is 0 Å². The summed E-state index contributed by atoms with van der Waals surface area (Å²) in [5, 5.41) is 0. The van der Waals surface area contributed by atoms with Gasteiger partial charge in [0, 0.05) is 0 Å². The van der Waals surface area contributed by atoms with E-state index >= 15 is 0 Å². The zero-order valence-electron chi connectivity index (χ0n) is 17.8. The minimum atomic E-state index is 1.30.